The number of allylic oxidation sites excluding steroid dienone is 8. The molecule has 366 valence electrons. The van der Waals surface area contributed by atoms with Gasteiger partial charge in [0.25, 0.3) is 0 Å². The standard InChI is InChI=1S/C57H102O6/c1-4-7-10-13-16-19-22-25-28-30-32-35-38-41-44-47-50-56(59)62-53-54(52-61-55(58)49-46-43-40-37-34-31-27-24-21-18-15-12-9-6-3)63-57(60)51-48-45-42-39-36-33-29-26-23-20-17-14-11-8-5-2/h19,22,24,26-30,54H,4-18,20-21,23,25,31-53H2,1-3H3/b22-19-,27-24-,29-26-,30-28-. The Bertz CT molecular complexity index is 1110. The molecule has 0 fully saturated rings. The van der Waals surface area contributed by atoms with Gasteiger partial charge in [-0.1, -0.05) is 204 Å². The molecule has 0 saturated carbocycles. The minimum Gasteiger partial charge on any atom is -0.462 e. The van der Waals surface area contributed by atoms with Crippen molar-refractivity contribution in [1.29, 1.82) is 0 Å². The zero-order chi connectivity index (χ0) is 45.8. The van der Waals surface area contributed by atoms with E-state index in [-0.39, 0.29) is 31.1 Å². The van der Waals surface area contributed by atoms with E-state index in [1.165, 1.54) is 141 Å². The molecule has 0 saturated heterocycles. The maximum Gasteiger partial charge on any atom is 0.306 e. The lowest BCUT2D eigenvalue weighted by Crippen LogP contribution is -2.30. The summed E-state index contributed by atoms with van der Waals surface area (Å²) in [6.45, 7) is 6.60. The van der Waals surface area contributed by atoms with Gasteiger partial charge in [-0.25, -0.2) is 0 Å². The smallest absolute Gasteiger partial charge is 0.306 e. The van der Waals surface area contributed by atoms with Gasteiger partial charge in [0, 0.05) is 19.3 Å². The van der Waals surface area contributed by atoms with Crippen LogP contribution < -0.4 is 0 Å². The van der Waals surface area contributed by atoms with E-state index in [9.17, 15) is 14.4 Å². The quantitative estimate of drug-likeness (QED) is 0.0262. The summed E-state index contributed by atoms with van der Waals surface area (Å²) in [7, 11) is 0. The molecule has 0 radical (unpaired) electrons. The average Bonchev–Trinajstić information content (AvgIpc) is 3.28. The van der Waals surface area contributed by atoms with Crippen LogP contribution in [0.4, 0.5) is 0 Å². The fourth-order valence-electron chi connectivity index (χ4n) is 7.64. The molecular weight excluding hydrogens is 781 g/mol. The SMILES string of the molecule is CCCCCC/C=C\C/C=C\CCCCCCCC(=O)OCC(COC(=O)CCCCCCC/C=C\CCCCCCC)OC(=O)CCCCCCC/C=C\CCCCCCCC. The van der Waals surface area contributed by atoms with E-state index < -0.39 is 6.10 Å². The molecule has 0 heterocycles. The number of hydrogen-bond donors (Lipinski definition) is 0. The van der Waals surface area contributed by atoms with Crippen LogP contribution in [-0.4, -0.2) is 37.2 Å². The van der Waals surface area contributed by atoms with Gasteiger partial charge < -0.3 is 14.2 Å². The highest BCUT2D eigenvalue weighted by Gasteiger charge is 2.19. The summed E-state index contributed by atoms with van der Waals surface area (Å²) < 4.78 is 16.8. The van der Waals surface area contributed by atoms with E-state index in [2.05, 4.69) is 69.4 Å². The third-order valence-corrected chi connectivity index (χ3v) is 11.8. The predicted molar refractivity (Wildman–Crippen MR) is 270 cm³/mol. The molecule has 0 rings (SSSR count). The topological polar surface area (TPSA) is 78.9 Å². The Morgan fingerprint density at radius 1 is 0.317 bits per heavy atom. The van der Waals surface area contributed by atoms with Crippen molar-refractivity contribution < 1.29 is 28.6 Å². The lowest BCUT2D eigenvalue weighted by atomic mass is 10.1. The molecule has 0 N–H and O–H groups in total. The number of carbonyl (C=O) groups is 3. The highest BCUT2D eigenvalue weighted by Crippen LogP contribution is 2.14. The molecule has 0 aromatic carbocycles. The largest absolute Gasteiger partial charge is 0.462 e. The number of ether oxygens (including phenoxy) is 3. The summed E-state index contributed by atoms with van der Waals surface area (Å²) in [5.41, 5.74) is 0. The zero-order valence-corrected chi connectivity index (χ0v) is 41.8. The van der Waals surface area contributed by atoms with Crippen LogP contribution in [0.5, 0.6) is 0 Å². The fourth-order valence-corrected chi connectivity index (χ4v) is 7.64. The summed E-state index contributed by atoms with van der Waals surface area (Å²) in [5, 5.41) is 0. The molecule has 0 amide bonds. The molecule has 6 heteroatoms. The normalized spacial score (nSPS) is 12.4. The van der Waals surface area contributed by atoms with Gasteiger partial charge in [-0.3, -0.25) is 14.4 Å². The maximum atomic E-state index is 12.8. The molecule has 0 aliphatic carbocycles. The van der Waals surface area contributed by atoms with Crippen molar-refractivity contribution in [3.05, 3.63) is 48.6 Å². The first-order valence-corrected chi connectivity index (χ1v) is 27.1. The van der Waals surface area contributed by atoms with Crippen molar-refractivity contribution in [2.24, 2.45) is 0 Å². The number of esters is 3. The molecular formula is C57H102O6. The van der Waals surface area contributed by atoms with Crippen LogP contribution in [0.25, 0.3) is 0 Å². The van der Waals surface area contributed by atoms with Crippen LogP contribution in [-0.2, 0) is 28.6 Å². The summed E-state index contributed by atoms with van der Waals surface area (Å²) in [5.74, 6) is -0.906. The number of carbonyl (C=O) groups excluding carboxylic acids is 3. The van der Waals surface area contributed by atoms with E-state index in [4.69, 9.17) is 14.2 Å². The summed E-state index contributed by atoms with van der Waals surface area (Å²) >= 11 is 0. The fraction of sp³-hybridized carbons (Fsp3) is 0.807. The Labute approximate surface area is 390 Å². The second-order valence-corrected chi connectivity index (χ2v) is 18.1. The van der Waals surface area contributed by atoms with Crippen molar-refractivity contribution in [3.8, 4) is 0 Å². The van der Waals surface area contributed by atoms with Crippen molar-refractivity contribution in [2.45, 2.75) is 284 Å². The van der Waals surface area contributed by atoms with E-state index >= 15 is 0 Å². The van der Waals surface area contributed by atoms with E-state index in [1.807, 2.05) is 0 Å². The van der Waals surface area contributed by atoms with Crippen molar-refractivity contribution in [2.75, 3.05) is 13.2 Å². The van der Waals surface area contributed by atoms with Gasteiger partial charge in [-0.15, -0.1) is 0 Å². The maximum absolute atomic E-state index is 12.8. The van der Waals surface area contributed by atoms with Gasteiger partial charge in [0.2, 0.25) is 0 Å². The summed E-state index contributed by atoms with van der Waals surface area (Å²) in [6.07, 6.45) is 62.3. The van der Waals surface area contributed by atoms with Crippen LogP contribution in [0.1, 0.15) is 278 Å². The molecule has 0 spiro atoms. The third kappa shape index (κ3) is 50.2. The first kappa shape index (κ1) is 60.4. The Hall–Kier alpha value is -2.63. The van der Waals surface area contributed by atoms with E-state index in [0.717, 1.165) is 96.3 Å². The van der Waals surface area contributed by atoms with Crippen molar-refractivity contribution >= 4 is 17.9 Å². The average molecular weight is 883 g/mol. The van der Waals surface area contributed by atoms with E-state index in [1.54, 1.807) is 0 Å². The van der Waals surface area contributed by atoms with E-state index in [0.29, 0.717) is 19.3 Å². The Kier molecular flexibility index (Phi) is 49.8. The van der Waals surface area contributed by atoms with Crippen LogP contribution in [0.15, 0.2) is 48.6 Å². The lowest BCUT2D eigenvalue weighted by Gasteiger charge is -2.18. The van der Waals surface area contributed by atoms with Crippen LogP contribution in [0.2, 0.25) is 0 Å². The van der Waals surface area contributed by atoms with Crippen LogP contribution in [0.3, 0.4) is 0 Å². The summed E-state index contributed by atoms with van der Waals surface area (Å²) in [4.78, 5) is 38.0. The third-order valence-electron chi connectivity index (χ3n) is 11.8. The van der Waals surface area contributed by atoms with Crippen molar-refractivity contribution in [1.82, 2.24) is 0 Å². The highest BCUT2D eigenvalue weighted by atomic mass is 16.6. The second-order valence-electron chi connectivity index (χ2n) is 18.1. The minimum absolute atomic E-state index is 0.0844. The second kappa shape index (κ2) is 52.0. The Morgan fingerprint density at radius 3 is 0.905 bits per heavy atom. The van der Waals surface area contributed by atoms with Gasteiger partial charge in [-0.05, 0) is 103 Å². The molecule has 0 aromatic rings. The number of unbranched alkanes of at least 4 members (excludes halogenated alkanes) is 30. The summed E-state index contributed by atoms with van der Waals surface area (Å²) in [6, 6.07) is 0. The monoisotopic (exact) mass is 883 g/mol. The first-order chi connectivity index (χ1) is 31.0. The first-order valence-electron chi connectivity index (χ1n) is 27.1. The van der Waals surface area contributed by atoms with Crippen LogP contribution in [0, 0.1) is 0 Å². The van der Waals surface area contributed by atoms with Crippen molar-refractivity contribution in [3.63, 3.8) is 0 Å². The zero-order valence-electron chi connectivity index (χ0n) is 41.8. The molecule has 1 unspecified atom stereocenters. The molecule has 0 bridgehead atoms. The molecule has 0 aliphatic heterocycles. The number of rotatable bonds is 49. The highest BCUT2D eigenvalue weighted by molar-refractivity contribution is 5.71. The molecule has 6 nitrogen and oxygen atoms in total. The minimum atomic E-state index is -0.785. The van der Waals surface area contributed by atoms with Gasteiger partial charge in [0.1, 0.15) is 13.2 Å². The van der Waals surface area contributed by atoms with Gasteiger partial charge in [0.05, 0.1) is 0 Å². The Morgan fingerprint density at radius 2 is 0.571 bits per heavy atom. The Balaban J connectivity index is 4.41. The molecule has 0 aliphatic rings. The number of hydrogen-bond acceptors (Lipinski definition) is 6. The molecule has 1 atom stereocenters. The van der Waals surface area contributed by atoms with Gasteiger partial charge in [0.15, 0.2) is 6.10 Å². The van der Waals surface area contributed by atoms with Crippen LogP contribution >= 0.6 is 0 Å². The van der Waals surface area contributed by atoms with Gasteiger partial charge in [-0.2, -0.15) is 0 Å². The molecule has 63 heavy (non-hydrogen) atoms. The predicted octanol–water partition coefficient (Wildman–Crippen LogP) is 17.9. The lowest BCUT2D eigenvalue weighted by molar-refractivity contribution is -0.167. The van der Waals surface area contributed by atoms with Gasteiger partial charge >= 0.3 is 17.9 Å². The molecule has 0 aromatic heterocycles.